The zero-order valence-electron chi connectivity index (χ0n) is 14.5. The highest BCUT2D eigenvalue weighted by Crippen LogP contribution is 2.19. The first-order chi connectivity index (χ1) is 12.4. The summed E-state index contributed by atoms with van der Waals surface area (Å²) in [5.41, 5.74) is 1.30. The monoisotopic (exact) mass is 339 g/mol. The standard InChI is InChI=1S/C19H25N5O/c1-2-5-16(6-3-1)23-10-12-24(13-11-23)18-8-9-20-19(22-18)21-15-17-7-4-14-25-17/h1-3,5-6,8-9,17H,4,7,10-15H2,(H,20,21,22). The first-order valence-electron chi connectivity index (χ1n) is 9.12. The molecule has 1 atom stereocenters. The van der Waals surface area contributed by atoms with Gasteiger partial charge in [-0.2, -0.15) is 4.98 Å². The quantitative estimate of drug-likeness (QED) is 0.903. The Morgan fingerprint density at radius 1 is 1.04 bits per heavy atom. The Morgan fingerprint density at radius 2 is 1.84 bits per heavy atom. The Morgan fingerprint density at radius 3 is 2.60 bits per heavy atom. The molecule has 0 saturated carbocycles. The molecule has 0 radical (unpaired) electrons. The molecule has 2 aliphatic heterocycles. The topological polar surface area (TPSA) is 53.5 Å². The van der Waals surface area contributed by atoms with Gasteiger partial charge in [-0.1, -0.05) is 18.2 Å². The van der Waals surface area contributed by atoms with Gasteiger partial charge in [0.05, 0.1) is 6.10 Å². The summed E-state index contributed by atoms with van der Waals surface area (Å²) in [6.45, 7) is 5.61. The van der Waals surface area contributed by atoms with Gasteiger partial charge in [-0.25, -0.2) is 4.98 Å². The lowest BCUT2D eigenvalue weighted by atomic mass is 10.2. The minimum Gasteiger partial charge on any atom is -0.376 e. The number of nitrogens with zero attached hydrogens (tertiary/aromatic N) is 4. The Labute approximate surface area is 148 Å². The largest absolute Gasteiger partial charge is 0.376 e. The van der Waals surface area contributed by atoms with Crippen molar-refractivity contribution in [3.05, 3.63) is 42.6 Å². The fourth-order valence-corrected chi connectivity index (χ4v) is 3.45. The molecule has 0 amide bonds. The van der Waals surface area contributed by atoms with Crippen molar-refractivity contribution < 1.29 is 4.74 Å². The number of ether oxygens (including phenoxy) is 1. The van der Waals surface area contributed by atoms with Crippen molar-refractivity contribution in [3.63, 3.8) is 0 Å². The van der Waals surface area contributed by atoms with Crippen LogP contribution in [0.15, 0.2) is 42.6 Å². The van der Waals surface area contributed by atoms with Crippen molar-refractivity contribution in [3.8, 4) is 0 Å². The molecule has 4 rings (SSSR count). The fraction of sp³-hybridized carbons (Fsp3) is 0.474. The van der Waals surface area contributed by atoms with E-state index in [1.165, 1.54) is 5.69 Å². The van der Waals surface area contributed by atoms with E-state index in [2.05, 4.69) is 55.4 Å². The Balaban J connectivity index is 1.34. The van der Waals surface area contributed by atoms with E-state index in [0.29, 0.717) is 12.1 Å². The zero-order valence-corrected chi connectivity index (χ0v) is 14.5. The predicted octanol–water partition coefficient (Wildman–Crippen LogP) is 2.39. The first-order valence-corrected chi connectivity index (χ1v) is 9.12. The second kappa shape index (κ2) is 7.70. The molecule has 6 nitrogen and oxygen atoms in total. The Kier molecular flexibility index (Phi) is 4.97. The summed E-state index contributed by atoms with van der Waals surface area (Å²) < 4.78 is 5.64. The number of hydrogen-bond donors (Lipinski definition) is 1. The highest BCUT2D eigenvalue weighted by atomic mass is 16.5. The molecular formula is C19H25N5O. The van der Waals surface area contributed by atoms with Gasteiger partial charge in [0.1, 0.15) is 5.82 Å². The fourth-order valence-electron chi connectivity index (χ4n) is 3.45. The van der Waals surface area contributed by atoms with Crippen LogP contribution in [-0.2, 0) is 4.74 Å². The smallest absolute Gasteiger partial charge is 0.224 e. The average Bonchev–Trinajstić information content (AvgIpc) is 3.21. The van der Waals surface area contributed by atoms with E-state index < -0.39 is 0 Å². The molecule has 132 valence electrons. The molecular weight excluding hydrogens is 314 g/mol. The van der Waals surface area contributed by atoms with Gasteiger partial charge < -0.3 is 19.9 Å². The molecule has 3 heterocycles. The van der Waals surface area contributed by atoms with Gasteiger partial charge in [0.25, 0.3) is 0 Å². The lowest BCUT2D eigenvalue weighted by molar-refractivity contribution is 0.120. The molecule has 1 N–H and O–H groups in total. The number of para-hydroxylation sites is 1. The minimum atomic E-state index is 0.293. The van der Waals surface area contributed by atoms with E-state index in [1.54, 1.807) is 0 Å². The third-order valence-corrected chi connectivity index (χ3v) is 4.88. The van der Waals surface area contributed by atoms with Gasteiger partial charge >= 0.3 is 0 Å². The summed E-state index contributed by atoms with van der Waals surface area (Å²) in [6.07, 6.45) is 4.40. The van der Waals surface area contributed by atoms with Crippen LogP contribution >= 0.6 is 0 Å². The van der Waals surface area contributed by atoms with Gasteiger partial charge in [-0.05, 0) is 31.0 Å². The van der Waals surface area contributed by atoms with Crippen molar-refractivity contribution >= 4 is 17.5 Å². The van der Waals surface area contributed by atoms with E-state index in [1.807, 2.05) is 12.3 Å². The molecule has 1 unspecified atom stereocenters. The molecule has 0 spiro atoms. The Bertz CT molecular complexity index is 667. The molecule has 25 heavy (non-hydrogen) atoms. The zero-order chi connectivity index (χ0) is 16.9. The maximum atomic E-state index is 5.64. The van der Waals surface area contributed by atoms with Crippen LogP contribution in [0, 0.1) is 0 Å². The normalized spacial score (nSPS) is 20.7. The van der Waals surface area contributed by atoms with E-state index in [4.69, 9.17) is 4.74 Å². The van der Waals surface area contributed by atoms with E-state index >= 15 is 0 Å². The summed E-state index contributed by atoms with van der Waals surface area (Å²) in [4.78, 5) is 13.8. The molecule has 1 aromatic heterocycles. The number of nitrogens with one attached hydrogen (secondary N) is 1. The lowest BCUT2D eigenvalue weighted by Crippen LogP contribution is -2.46. The van der Waals surface area contributed by atoms with Crippen LogP contribution in [0.1, 0.15) is 12.8 Å². The Hall–Kier alpha value is -2.34. The van der Waals surface area contributed by atoms with Gasteiger partial charge in [0, 0.05) is 51.2 Å². The number of rotatable bonds is 5. The van der Waals surface area contributed by atoms with Crippen molar-refractivity contribution in [1.82, 2.24) is 9.97 Å². The van der Waals surface area contributed by atoms with Crippen LogP contribution in [0.3, 0.4) is 0 Å². The number of aromatic nitrogens is 2. The second-order valence-corrected chi connectivity index (χ2v) is 6.56. The van der Waals surface area contributed by atoms with Gasteiger partial charge in [-0.3, -0.25) is 0 Å². The maximum Gasteiger partial charge on any atom is 0.224 e. The molecule has 1 aromatic carbocycles. The van der Waals surface area contributed by atoms with Crippen LogP contribution in [0.25, 0.3) is 0 Å². The molecule has 2 saturated heterocycles. The SMILES string of the molecule is c1ccc(N2CCN(c3ccnc(NCC4CCCO4)n3)CC2)cc1. The highest BCUT2D eigenvalue weighted by molar-refractivity contribution is 5.49. The van der Waals surface area contributed by atoms with Crippen molar-refractivity contribution in [2.75, 3.05) is 54.4 Å². The third kappa shape index (κ3) is 4.02. The summed E-state index contributed by atoms with van der Waals surface area (Å²) in [7, 11) is 0. The first kappa shape index (κ1) is 16.1. The van der Waals surface area contributed by atoms with E-state index in [0.717, 1.165) is 58.0 Å². The molecule has 6 heteroatoms. The van der Waals surface area contributed by atoms with Crippen molar-refractivity contribution in [1.29, 1.82) is 0 Å². The van der Waals surface area contributed by atoms with Crippen LogP contribution < -0.4 is 15.1 Å². The lowest BCUT2D eigenvalue weighted by Gasteiger charge is -2.36. The maximum absolute atomic E-state index is 5.64. The summed E-state index contributed by atoms with van der Waals surface area (Å²) >= 11 is 0. The van der Waals surface area contributed by atoms with Crippen LogP contribution in [-0.4, -0.2) is 55.4 Å². The predicted molar refractivity (Wildman–Crippen MR) is 100 cm³/mol. The van der Waals surface area contributed by atoms with Gasteiger partial charge in [-0.15, -0.1) is 0 Å². The molecule has 2 fully saturated rings. The number of anilines is 3. The van der Waals surface area contributed by atoms with Gasteiger partial charge in [0.15, 0.2) is 0 Å². The molecule has 2 aliphatic rings. The second-order valence-electron chi connectivity index (χ2n) is 6.56. The highest BCUT2D eigenvalue weighted by Gasteiger charge is 2.19. The average molecular weight is 339 g/mol. The summed E-state index contributed by atoms with van der Waals surface area (Å²) in [6, 6.07) is 12.6. The van der Waals surface area contributed by atoms with E-state index in [-0.39, 0.29) is 0 Å². The summed E-state index contributed by atoms with van der Waals surface area (Å²) in [5, 5.41) is 3.32. The molecule has 2 aromatic rings. The van der Waals surface area contributed by atoms with Crippen LogP contribution in [0.4, 0.5) is 17.5 Å². The number of piperazine rings is 1. The van der Waals surface area contributed by atoms with E-state index in [9.17, 15) is 0 Å². The molecule has 0 bridgehead atoms. The third-order valence-electron chi connectivity index (χ3n) is 4.88. The van der Waals surface area contributed by atoms with Crippen LogP contribution in [0.2, 0.25) is 0 Å². The summed E-state index contributed by atoms with van der Waals surface area (Å²) in [5.74, 6) is 1.69. The number of hydrogen-bond acceptors (Lipinski definition) is 6. The van der Waals surface area contributed by atoms with Crippen LogP contribution in [0.5, 0.6) is 0 Å². The minimum absolute atomic E-state index is 0.293. The van der Waals surface area contributed by atoms with Gasteiger partial charge in [0.2, 0.25) is 5.95 Å². The molecule has 0 aliphatic carbocycles. The van der Waals surface area contributed by atoms with Crippen molar-refractivity contribution in [2.45, 2.75) is 18.9 Å². The number of benzene rings is 1. The van der Waals surface area contributed by atoms with Crippen molar-refractivity contribution in [2.24, 2.45) is 0 Å².